The summed E-state index contributed by atoms with van der Waals surface area (Å²) in [5, 5.41) is 18.8. The monoisotopic (exact) mass is 354 g/mol. The first kappa shape index (κ1) is 21.7. The van der Waals surface area contributed by atoms with Crippen molar-refractivity contribution in [3.8, 4) is 0 Å². The lowest BCUT2D eigenvalue weighted by Crippen LogP contribution is -2.41. The number of aliphatic hydroxyl groups excluding tert-OH is 1. The lowest BCUT2D eigenvalue weighted by Gasteiger charge is -2.22. The fourth-order valence-corrected chi connectivity index (χ4v) is 3.32. The van der Waals surface area contributed by atoms with E-state index in [4.69, 9.17) is 5.11 Å². The van der Waals surface area contributed by atoms with Gasteiger partial charge in [-0.3, -0.25) is 9.79 Å². The van der Waals surface area contributed by atoms with E-state index in [2.05, 4.69) is 27.9 Å². The molecule has 146 valence electrons. The summed E-state index contributed by atoms with van der Waals surface area (Å²) in [5.74, 6) is 1.30. The molecule has 25 heavy (non-hydrogen) atoms. The number of nitrogens with one attached hydrogen (secondary N) is 3. The van der Waals surface area contributed by atoms with Crippen molar-refractivity contribution in [1.29, 1.82) is 0 Å². The lowest BCUT2D eigenvalue weighted by atomic mass is 9.95. The molecule has 4 N–H and O–H groups in total. The highest BCUT2D eigenvalue weighted by atomic mass is 16.3. The van der Waals surface area contributed by atoms with Crippen LogP contribution in [0.5, 0.6) is 0 Å². The summed E-state index contributed by atoms with van der Waals surface area (Å²) in [4.78, 5) is 16.7. The largest absolute Gasteiger partial charge is 0.396 e. The highest BCUT2D eigenvalue weighted by molar-refractivity contribution is 5.81. The number of rotatable bonds is 11. The van der Waals surface area contributed by atoms with Crippen LogP contribution in [-0.4, -0.2) is 49.3 Å². The van der Waals surface area contributed by atoms with E-state index in [0.29, 0.717) is 31.5 Å². The van der Waals surface area contributed by atoms with E-state index in [0.717, 1.165) is 44.6 Å². The van der Waals surface area contributed by atoms with Gasteiger partial charge >= 0.3 is 0 Å². The van der Waals surface area contributed by atoms with Crippen LogP contribution in [0.3, 0.4) is 0 Å². The predicted octanol–water partition coefficient (Wildman–Crippen LogP) is 2.18. The second-order valence-corrected chi connectivity index (χ2v) is 6.97. The van der Waals surface area contributed by atoms with E-state index in [9.17, 15) is 4.79 Å². The molecule has 1 amide bonds. The second kappa shape index (κ2) is 13.9. The fourth-order valence-electron chi connectivity index (χ4n) is 3.32. The van der Waals surface area contributed by atoms with Crippen molar-refractivity contribution in [3.63, 3.8) is 0 Å². The summed E-state index contributed by atoms with van der Waals surface area (Å²) < 4.78 is 0. The van der Waals surface area contributed by atoms with E-state index in [1.54, 1.807) is 0 Å². The number of guanidine groups is 1. The first-order valence-electron chi connectivity index (χ1n) is 10.1. The summed E-state index contributed by atoms with van der Waals surface area (Å²) in [7, 11) is 0. The van der Waals surface area contributed by atoms with Gasteiger partial charge in [0.25, 0.3) is 0 Å². The summed E-state index contributed by atoms with van der Waals surface area (Å²) in [6, 6.07) is 0.372. The fraction of sp³-hybridized carbons (Fsp3) is 0.895. The third-order valence-electron chi connectivity index (χ3n) is 4.70. The molecule has 1 atom stereocenters. The van der Waals surface area contributed by atoms with Crippen molar-refractivity contribution in [2.45, 2.75) is 77.7 Å². The number of hydrogen-bond acceptors (Lipinski definition) is 3. The highest BCUT2D eigenvalue weighted by Crippen LogP contribution is 2.17. The summed E-state index contributed by atoms with van der Waals surface area (Å²) in [5.41, 5.74) is 0. The Hall–Kier alpha value is -1.30. The van der Waals surface area contributed by atoms with Crippen molar-refractivity contribution in [2.75, 3.05) is 26.2 Å². The molecular formula is C19H38N4O2. The van der Waals surface area contributed by atoms with Crippen LogP contribution >= 0.6 is 0 Å². The molecule has 1 saturated carbocycles. The van der Waals surface area contributed by atoms with Crippen LogP contribution in [0.25, 0.3) is 0 Å². The van der Waals surface area contributed by atoms with Gasteiger partial charge in [-0.1, -0.05) is 32.6 Å². The van der Waals surface area contributed by atoms with Gasteiger partial charge in [0, 0.05) is 38.7 Å². The Labute approximate surface area is 153 Å². The Morgan fingerprint density at radius 1 is 1.16 bits per heavy atom. The quantitative estimate of drug-likeness (QED) is 0.338. The smallest absolute Gasteiger partial charge is 0.221 e. The second-order valence-electron chi connectivity index (χ2n) is 6.97. The molecule has 0 bridgehead atoms. The van der Waals surface area contributed by atoms with Gasteiger partial charge in [0.2, 0.25) is 5.91 Å². The molecule has 0 aromatic heterocycles. The summed E-state index contributed by atoms with van der Waals surface area (Å²) in [6.07, 6.45) is 9.43. The van der Waals surface area contributed by atoms with Crippen LogP contribution in [0.1, 0.15) is 71.6 Å². The van der Waals surface area contributed by atoms with Crippen LogP contribution in [0.15, 0.2) is 4.99 Å². The molecule has 1 fully saturated rings. The normalized spacial score (nSPS) is 17.2. The number of aliphatic imine (C=N–C) groups is 1. The Morgan fingerprint density at radius 3 is 2.56 bits per heavy atom. The van der Waals surface area contributed by atoms with Gasteiger partial charge in [0.05, 0.1) is 0 Å². The Kier molecular flexibility index (Phi) is 12.1. The number of carbonyl (C=O) groups is 1. The van der Waals surface area contributed by atoms with Gasteiger partial charge in [0.1, 0.15) is 0 Å². The molecular weight excluding hydrogens is 316 g/mol. The number of aliphatic hydroxyl groups is 1. The number of hydrogen-bond donors (Lipinski definition) is 4. The molecule has 0 spiro atoms. The van der Waals surface area contributed by atoms with Crippen LogP contribution in [-0.2, 0) is 4.79 Å². The third kappa shape index (κ3) is 10.3. The van der Waals surface area contributed by atoms with Crippen molar-refractivity contribution < 1.29 is 9.90 Å². The Balaban J connectivity index is 2.32. The van der Waals surface area contributed by atoms with Crippen molar-refractivity contribution in [1.82, 2.24) is 16.0 Å². The minimum atomic E-state index is 0.124. The summed E-state index contributed by atoms with van der Waals surface area (Å²) in [6.45, 7) is 6.48. The van der Waals surface area contributed by atoms with Gasteiger partial charge in [-0.15, -0.1) is 0 Å². The topological polar surface area (TPSA) is 85.8 Å². The number of nitrogens with zero attached hydrogens (tertiary/aromatic N) is 1. The first-order valence-corrected chi connectivity index (χ1v) is 10.1. The predicted molar refractivity (Wildman–Crippen MR) is 104 cm³/mol. The van der Waals surface area contributed by atoms with Crippen LogP contribution in [0.4, 0.5) is 0 Å². The molecule has 0 radical (unpaired) electrons. The maximum Gasteiger partial charge on any atom is 0.221 e. The standard InChI is InChI=1S/C19H38N4O2/c1-3-8-16(12-14-24)15-22-19(20-4-2)21-13-11-18(25)23-17-9-6-5-7-10-17/h16-17,24H,3-15H2,1-2H3,(H,23,25)(H2,20,21,22). The molecule has 1 aliphatic rings. The SMILES string of the molecule is CCCC(CCO)CN=C(NCC)NCCC(=O)NC1CCCCC1. The summed E-state index contributed by atoms with van der Waals surface area (Å²) >= 11 is 0. The minimum absolute atomic E-state index is 0.124. The molecule has 1 rings (SSSR count). The Morgan fingerprint density at radius 2 is 1.92 bits per heavy atom. The zero-order valence-corrected chi connectivity index (χ0v) is 16.1. The molecule has 0 aromatic rings. The average molecular weight is 355 g/mol. The van der Waals surface area contributed by atoms with Crippen LogP contribution < -0.4 is 16.0 Å². The highest BCUT2D eigenvalue weighted by Gasteiger charge is 2.15. The van der Waals surface area contributed by atoms with Crippen LogP contribution in [0, 0.1) is 5.92 Å². The van der Waals surface area contributed by atoms with E-state index < -0.39 is 0 Å². The van der Waals surface area contributed by atoms with Gasteiger partial charge in [0.15, 0.2) is 5.96 Å². The Bertz CT molecular complexity index is 376. The van der Waals surface area contributed by atoms with Crippen molar-refractivity contribution in [2.24, 2.45) is 10.9 Å². The van der Waals surface area contributed by atoms with Gasteiger partial charge in [-0.05, 0) is 38.5 Å². The molecule has 1 aliphatic carbocycles. The van der Waals surface area contributed by atoms with E-state index in [1.165, 1.54) is 19.3 Å². The zero-order chi connectivity index (χ0) is 18.3. The maximum absolute atomic E-state index is 12.0. The van der Waals surface area contributed by atoms with Gasteiger partial charge in [-0.25, -0.2) is 0 Å². The lowest BCUT2D eigenvalue weighted by molar-refractivity contribution is -0.121. The van der Waals surface area contributed by atoms with Crippen molar-refractivity contribution in [3.05, 3.63) is 0 Å². The molecule has 0 aromatic carbocycles. The van der Waals surface area contributed by atoms with Crippen molar-refractivity contribution >= 4 is 11.9 Å². The first-order chi connectivity index (χ1) is 12.2. The third-order valence-corrected chi connectivity index (χ3v) is 4.70. The van der Waals surface area contributed by atoms with E-state index in [-0.39, 0.29) is 12.5 Å². The van der Waals surface area contributed by atoms with Gasteiger partial charge in [-0.2, -0.15) is 0 Å². The molecule has 6 heteroatoms. The molecule has 1 unspecified atom stereocenters. The average Bonchev–Trinajstić information content (AvgIpc) is 2.60. The molecule has 6 nitrogen and oxygen atoms in total. The zero-order valence-electron chi connectivity index (χ0n) is 16.1. The minimum Gasteiger partial charge on any atom is -0.396 e. The molecule has 0 saturated heterocycles. The van der Waals surface area contributed by atoms with Crippen LogP contribution in [0.2, 0.25) is 0 Å². The molecule has 0 aliphatic heterocycles. The number of amides is 1. The molecule has 0 heterocycles. The van der Waals surface area contributed by atoms with E-state index >= 15 is 0 Å². The van der Waals surface area contributed by atoms with Gasteiger partial charge < -0.3 is 21.1 Å². The maximum atomic E-state index is 12.0. The number of carbonyl (C=O) groups excluding carboxylic acids is 1. The van der Waals surface area contributed by atoms with E-state index in [1.807, 2.05) is 6.92 Å².